The maximum atomic E-state index is 5.89. The first-order valence-electron chi connectivity index (χ1n) is 3.42. The van der Waals surface area contributed by atoms with Gasteiger partial charge < -0.3 is 5.73 Å². The molecule has 0 amide bonds. The fourth-order valence-corrected chi connectivity index (χ4v) is 1.70. The molecule has 12 heavy (non-hydrogen) atoms. The second kappa shape index (κ2) is 3.84. The predicted octanol–water partition coefficient (Wildman–Crippen LogP) is 3.67. The average Bonchev–Trinajstić information content (AvgIpc) is 1.96. The highest BCUT2D eigenvalue weighted by Gasteiger charge is 2.09. The van der Waals surface area contributed by atoms with E-state index in [1.165, 1.54) is 0 Å². The molecule has 0 saturated carbocycles. The lowest BCUT2D eigenvalue weighted by molar-refractivity contribution is 0.818. The molecule has 4 heteroatoms. The molecule has 1 unspecified atom stereocenters. The minimum Gasteiger partial charge on any atom is -0.324 e. The second-order valence-corrected chi connectivity index (χ2v) is 3.80. The topological polar surface area (TPSA) is 26.0 Å². The Labute approximate surface area is 86.4 Å². The number of hydrogen-bond acceptors (Lipinski definition) is 1. The zero-order valence-electron chi connectivity index (χ0n) is 6.44. The van der Waals surface area contributed by atoms with Crippen LogP contribution in [0.25, 0.3) is 0 Å². The molecular weight excluding hydrogens is 216 g/mol. The van der Waals surface area contributed by atoms with E-state index in [1.807, 2.05) is 6.92 Å². The number of benzene rings is 1. The highest BCUT2D eigenvalue weighted by Crippen LogP contribution is 2.32. The SMILES string of the molecule is CC(N)c1cc(Cl)cc(Cl)c1Cl. The summed E-state index contributed by atoms with van der Waals surface area (Å²) in [6.45, 7) is 1.83. The molecule has 66 valence electrons. The molecule has 0 aliphatic carbocycles. The summed E-state index contributed by atoms with van der Waals surface area (Å²) < 4.78 is 0. The molecule has 0 saturated heterocycles. The number of rotatable bonds is 1. The molecule has 1 aromatic rings. The molecule has 0 aliphatic rings. The van der Waals surface area contributed by atoms with E-state index < -0.39 is 0 Å². The summed E-state index contributed by atoms with van der Waals surface area (Å²) >= 11 is 17.4. The van der Waals surface area contributed by atoms with Crippen molar-refractivity contribution in [3.63, 3.8) is 0 Å². The first-order valence-corrected chi connectivity index (χ1v) is 4.55. The molecule has 0 fully saturated rings. The Morgan fingerprint density at radius 2 is 1.83 bits per heavy atom. The van der Waals surface area contributed by atoms with E-state index in [2.05, 4.69) is 0 Å². The van der Waals surface area contributed by atoms with Crippen molar-refractivity contribution in [1.29, 1.82) is 0 Å². The van der Waals surface area contributed by atoms with Crippen LogP contribution in [0.2, 0.25) is 15.1 Å². The van der Waals surface area contributed by atoms with Crippen LogP contribution in [0.4, 0.5) is 0 Å². The minimum absolute atomic E-state index is 0.159. The summed E-state index contributed by atoms with van der Waals surface area (Å²) in [5.41, 5.74) is 6.42. The smallest absolute Gasteiger partial charge is 0.0640 e. The number of halogens is 3. The van der Waals surface area contributed by atoms with Crippen LogP contribution in [0.5, 0.6) is 0 Å². The Morgan fingerprint density at radius 3 is 2.33 bits per heavy atom. The van der Waals surface area contributed by atoms with Crippen LogP contribution >= 0.6 is 34.8 Å². The molecule has 1 nitrogen and oxygen atoms in total. The maximum absolute atomic E-state index is 5.89. The first kappa shape index (κ1) is 10.1. The molecule has 1 aromatic carbocycles. The lowest BCUT2D eigenvalue weighted by Crippen LogP contribution is -2.05. The highest BCUT2D eigenvalue weighted by atomic mass is 35.5. The van der Waals surface area contributed by atoms with Gasteiger partial charge in [0.1, 0.15) is 0 Å². The van der Waals surface area contributed by atoms with Gasteiger partial charge in [0.2, 0.25) is 0 Å². The van der Waals surface area contributed by atoms with Gasteiger partial charge in [0, 0.05) is 11.1 Å². The molecule has 0 heterocycles. The Hall–Kier alpha value is 0.0500. The third-order valence-electron chi connectivity index (χ3n) is 1.51. The van der Waals surface area contributed by atoms with Gasteiger partial charge in [0.05, 0.1) is 10.0 Å². The number of hydrogen-bond donors (Lipinski definition) is 1. The summed E-state index contributed by atoms with van der Waals surface area (Å²) in [5, 5.41) is 1.48. The van der Waals surface area contributed by atoms with Crippen LogP contribution in [0.3, 0.4) is 0 Å². The van der Waals surface area contributed by atoms with Crippen molar-refractivity contribution in [3.8, 4) is 0 Å². The van der Waals surface area contributed by atoms with Crippen LogP contribution in [-0.4, -0.2) is 0 Å². The molecule has 0 aliphatic heterocycles. The summed E-state index contributed by atoms with van der Waals surface area (Å²) in [4.78, 5) is 0. The third kappa shape index (κ3) is 2.05. The van der Waals surface area contributed by atoms with E-state index >= 15 is 0 Å². The highest BCUT2D eigenvalue weighted by molar-refractivity contribution is 6.43. The molecule has 1 atom stereocenters. The second-order valence-electron chi connectivity index (χ2n) is 2.58. The Morgan fingerprint density at radius 1 is 1.25 bits per heavy atom. The fraction of sp³-hybridized carbons (Fsp3) is 0.250. The van der Waals surface area contributed by atoms with E-state index in [9.17, 15) is 0 Å². The van der Waals surface area contributed by atoms with Crippen LogP contribution in [0, 0.1) is 0 Å². The predicted molar refractivity (Wildman–Crippen MR) is 54.1 cm³/mol. The van der Waals surface area contributed by atoms with Gasteiger partial charge >= 0.3 is 0 Å². The Kier molecular flexibility index (Phi) is 3.24. The van der Waals surface area contributed by atoms with Gasteiger partial charge in [0.25, 0.3) is 0 Å². The van der Waals surface area contributed by atoms with Crippen LogP contribution in [-0.2, 0) is 0 Å². The van der Waals surface area contributed by atoms with Gasteiger partial charge in [-0.05, 0) is 24.6 Å². The third-order valence-corrected chi connectivity index (χ3v) is 2.55. The Balaban J connectivity index is 3.28. The molecular formula is C8H8Cl3N. The summed E-state index contributed by atoms with van der Waals surface area (Å²) in [6, 6.07) is 3.16. The van der Waals surface area contributed by atoms with Crippen molar-refractivity contribution in [3.05, 3.63) is 32.8 Å². The molecule has 0 spiro atoms. The summed E-state index contributed by atoms with van der Waals surface area (Å²) in [5.74, 6) is 0. The van der Waals surface area contributed by atoms with E-state index in [4.69, 9.17) is 40.5 Å². The monoisotopic (exact) mass is 223 g/mol. The zero-order chi connectivity index (χ0) is 9.30. The van der Waals surface area contributed by atoms with Crippen LogP contribution < -0.4 is 5.73 Å². The summed E-state index contributed by atoms with van der Waals surface area (Å²) in [7, 11) is 0. The Bertz CT molecular complexity index is 297. The normalized spacial score (nSPS) is 13.1. The van der Waals surface area contributed by atoms with Gasteiger partial charge in [-0.25, -0.2) is 0 Å². The lowest BCUT2D eigenvalue weighted by Gasteiger charge is -2.09. The van der Waals surface area contributed by atoms with Crippen molar-refractivity contribution in [2.75, 3.05) is 0 Å². The van der Waals surface area contributed by atoms with E-state index in [1.54, 1.807) is 12.1 Å². The fourth-order valence-electron chi connectivity index (χ4n) is 0.907. The maximum Gasteiger partial charge on any atom is 0.0640 e. The van der Waals surface area contributed by atoms with Gasteiger partial charge in [-0.15, -0.1) is 0 Å². The quantitative estimate of drug-likeness (QED) is 0.724. The van der Waals surface area contributed by atoms with Crippen LogP contribution in [0.15, 0.2) is 12.1 Å². The molecule has 0 bridgehead atoms. The van der Waals surface area contributed by atoms with Gasteiger partial charge in [-0.2, -0.15) is 0 Å². The lowest BCUT2D eigenvalue weighted by atomic mass is 10.1. The first-order chi connectivity index (χ1) is 5.52. The van der Waals surface area contributed by atoms with Crippen molar-refractivity contribution in [2.45, 2.75) is 13.0 Å². The van der Waals surface area contributed by atoms with Crippen LogP contribution in [0.1, 0.15) is 18.5 Å². The molecule has 0 radical (unpaired) electrons. The standard InChI is InChI=1S/C8H8Cl3N/c1-4(12)6-2-5(9)3-7(10)8(6)11/h2-4H,12H2,1H3. The van der Waals surface area contributed by atoms with Gasteiger partial charge in [0.15, 0.2) is 0 Å². The van der Waals surface area contributed by atoms with Crippen molar-refractivity contribution < 1.29 is 0 Å². The zero-order valence-corrected chi connectivity index (χ0v) is 8.71. The average molecular weight is 225 g/mol. The molecule has 0 aromatic heterocycles. The molecule has 2 N–H and O–H groups in total. The van der Waals surface area contributed by atoms with Gasteiger partial charge in [-0.1, -0.05) is 34.8 Å². The van der Waals surface area contributed by atoms with E-state index in [0.29, 0.717) is 15.1 Å². The number of nitrogens with two attached hydrogens (primary N) is 1. The minimum atomic E-state index is -0.159. The molecule has 1 rings (SSSR count). The van der Waals surface area contributed by atoms with Crippen molar-refractivity contribution >= 4 is 34.8 Å². The van der Waals surface area contributed by atoms with Crippen molar-refractivity contribution in [1.82, 2.24) is 0 Å². The van der Waals surface area contributed by atoms with E-state index in [-0.39, 0.29) is 6.04 Å². The largest absolute Gasteiger partial charge is 0.324 e. The van der Waals surface area contributed by atoms with Crippen molar-refractivity contribution in [2.24, 2.45) is 5.73 Å². The van der Waals surface area contributed by atoms with E-state index in [0.717, 1.165) is 5.56 Å². The summed E-state index contributed by atoms with van der Waals surface area (Å²) in [6.07, 6.45) is 0. The van der Waals surface area contributed by atoms with Gasteiger partial charge in [-0.3, -0.25) is 0 Å².